The number of halogens is 6. The Morgan fingerprint density at radius 3 is 2.45 bits per heavy atom. The topological polar surface area (TPSA) is 93.7 Å². The number of hydrogen-bond donors (Lipinski definition) is 0. The van der Waals surface area contributed by atoms with Gasteiger partial charge in [0.05, 0.1) is 22.6 Å². The number of alkyl halides is 3. The number of aromatic nitrogens is 3. The highest BCUT2D eigenvalue weighted by atomic mass is 35.5. The Kier molecular flexibility index (Phi) is 8.49. The number of carbonyl (C=O) groups is 1. The monoisotopic (exact) mass is 695 g/mol. The van der Waals surface area contributed by atoms with E-state index < -0.39 is 63.4 Å². The summed E-state index contributed by atoms with van der Waals surface area (Å²) in [6, 6.07) is 2.77. The molecule has 2 aromatic heterocycles. The average molecular weight is 696 g/mol. The summed E-state index contributed by atoms with van der Waals surface area (Å²) in [7, 11) is 0. The predicted octanol–water partition coefficient (Wildman–Crippen LogP) is 6.48. The largest absolute Gasteiger partial charge is 0.469 e. The van der Waals surface area contributed by atoms with Crippen LogP contribution in [0, 0.1) is 18.6 Å². The molecular formula is C31H27ClF5N5O4S. The first-order valence-corrected chi connectivity index (χ1v) is 15.8. The summed E-state index contributed by atoms with van der Waals surface area (Å²) in [6.45, 7) is 8.92. The maximum absolute atomic E-state index is 15.4. The summed E-state index contributed by atoms with van der Waals surface area (Å²) in [5.41, 5.74) is -3.12. The van der Waals surface area contributed by atoms with Crippen molar-refractivity contribution in [1.82, 2.24) is 19.6 Å². The molecule has 0 saturated carbocycles. The van der Waals surface area contributed by atoms with E-state index in [1.165, 1.54) is 16.7 Å². The quantitative estimate of drug-likeness (QED) is 0.133. The number of carbonyl (C=O) groups excluding carboxylic acids is 1. The fourth-order valence-corrected chi connectivity index (χ4v) is 7.67. The fourth-order valence-electron chi connectivity index (χ4n) is 6.26. The van der Waals surface area contributed by atoms with E-state index >= 15 is 4.39 Å². The van der Waals surface area contributed by atoms with E-state index in [1.54, 1.807) is 30.6 Å². The lowest BCUT2D eigenvalue weighted by Gasteiger charge is -2.44. The molecule has 1 saturated heterocycles. The standard InChI is InChI=1S/C31H27ClF5N5O4S/c1-5-25(43)42-14(2)10-40(11-15(42)3)29-19-7-20(31(35,36)37)26(18-8-21(32)23(34)9-22(18)33)28-27(19)41(30(44)38-29)12-17(13-47-28)45-24-6-16(4)46-39-24/h5-9,14-15,17H,1,10-13H2,2-4H3/t14-,15+,17-/m0/s1. The van der Waals surface area contributed by atoms with Crippen LogP contribution in [-0.4, -0.2) is 62.5 Å². The molecule has 16 heteroatoms. The van der Waals surface area contributed by atoms with Crippen molar-refractivity contribution in [3.05, 3.63) is 75.4 Å². The normalized spacial score (nSPS) is 20.0. The van der Waals surface area contributed by atoms with Crippen LogP contribution in [0.3, 0.4) is 0 Å². The van der Waals surface area contributed by atoms with Crippen LogP contribution < -0.4 is 15.3 Å². The number of rotatable bonds is 5. The molecule has 9 nitrogen and oxygen atoms in total. The van der Waals surface area contributed by atoms with Crippen LogP contribution in [0.1, 0.15) is 25.2 Å². The number of aryl methyl sites for hydroxylation is 1. The van der Waals surface area contributed by atoms with Crippen molar-refractivity contribution >= 4 is 46.0 Å². The SMILES string of the molecule is C=CC(=O)N1[C@H](C)CN(c2nc(=O)n3c4c(c(-c5cc(Cl)c(F)cc5F)c(C(F)(F)F)cc24)SC[C@@H](Oc2cc(C)on2)C3)C[C@@H]1C. The molecule has 4 heterocycles. The molecule has 0 aliphatic carbocycles. The Balaban J connectivity index is 1.62. The van der Waals surface area contributed by atoms with Crippen LogP contribution in [0.5, 0.6) is 5.88 Å². The maximum Gasteiger partial charge on any atom is 0.417 e. The first-order valence-electron chi connectivity index (χ1n) is 14.4. The first kappa shape index (κ1) is 32.8. The molecule has 6 rings (SSSR count). The highest BCUT2D eigenvalue weighted by molar-refractivity contribution is 7.99. The van der Waals surface area contributed by atoms with Crippen molar-refractivity contribution in [2.24, 2.45) is 0 Å². The van der Waals surface area contributed by atoms with Gasteiger partial charge in [-0.15, -0.1) is 11.8 Å². The lowest BCUT2D eigenvalue weighted by Crippen LogP contribution is -2.58. The van der Waals surface area contributed by atoms with Crippen LogP contribution in [0.4, 0.5) is 27.8 Å². The Bertz CT molecular complexity index is 1970. The number of ether oxygens (including phenoxy) is 1. The van der Waals surface area contributed by atoms with Crippen LogP contribution in [0.25, 0.3) is 22.0 Å². The number of nitrogens with zero attached hydrogens (tertiary/aromatic N) is 5. The highest BCUT2D eigenvalue weighted by Gasteiger charge is 2.40. The van der Waals surface area contributed by atoms with Gasteiger partial charge in [-0.1, -0.05) is 18.2 Å². The Morgan fingerprint density at radius 1 is 1.13 bits per heavy atom. The minimum atomic E-state index is -5.03. The summed E-state index contributed by atoms with van der Waals surface area (Å²) in [5, 5.41) is 3.22. The Labute approximate surface area is 273 Å². The van der Waals surface area contributed by atoms with Gasteiger partial charge in [0.1, 0.15) is 29.3 Å². The molecule has 47 heavy (non-hydrogen) atoms. The number of hydrogen-bond acceptors (Lipinski definition) is 8. The van der Waals surface area contributed by atoms with Crippen LogP contribution >= 0.6 is 23.4 Å². The summed E-state index contributed by atoms with van der Waals surface area (Å²) < 4.78 is 86.8. The molecule has 0 unspecified atom stereocenters. The molecule has 1 fully saturated rings. The number of piperazine rings is 1. The van der Waals surface area contributed by atoms with Crippen molar-refractivity contribution in [2.45, 2.75) is 56.6 Å². The van der Waals surface area contributed by atoms with Crippen molar-refractivity contribution in [1.29, 1.82) is 0 Å². The second-order valence-electron chi connectivity index (χ2n) is 11.5. The van der Waals surface area contributed by atoms with Gasteiger partial charge in [-0.05, 0) is 44.1 Å². The van der Waals surface area contributed by atoms with Gasteiger partial charge in [0.25, 0.3) is 5.88 Å². The minimum Gasteiger partial charge on any atom is -0.469 e. The zero-order valence-electron chi connectivity index (χ0n) is 25.2. The number of amides is 1. The highest BCUT2D eigenvalue weighted by Crippen LogP contribution is 2.49. The van der Waals surface area contributed by atoms with Gasteiger partial charge in [-0.25, -0.2) is 13.6 Å². The first-order chi connectivity index (χ1) is 22.2. The van der Waals surface area contributed by atoms with Crippen molar-refractivity contribution in [3.63, 3.8) is 0 Å². The lowest BCUT2D eigenvalue weighted by atomic mass is 9.95. The second kappa shape index (κ2) is 12.2. The third-order valence-corrected chi connectivity index (χ3v) is 9.64. The summed E-state index contributed by atoms with van der Waals surface area (Å²) in [4.78, 5) is 33.8. The molecule has 0 bridgehead atoms. The molecule has 4 aromatic rings. The molecule has 2 aliphatic rings. The average Bonchev–Trinajstić information content (AvgIpc) is 3.30. The molecule has 0 spiro atoms. The summed E-state index contributed by atoms with van der Waals surface area (Å²) >= 11 is 6.88. The molecule has 2 aliphatic heterocycles. The number of benzene rings is 2. The van der Waals surface area contributed by atoms with Crippen molar-refractivity contribution in [2.75, 3.05) is 23.7 Å². The van der Waals surface area contributed by atoms with E-state index in [9.17, 15) is 27.2 Å². The van der Waals surface area contributed by atoms with E-state index in [2.05, 4.69) is 16.7 Å². The van der Waals surface area contributed by atoms with E-state index in [0.717, 1.165) is 23.9 Å². The zero-order valence-corrected chi connectivity index (χ0v) is 26.8. The third kappa shape index (κ3) is 5.94. The van der Waals surface area contributed by atoms with E-state index in [-0.39, 0.29) is 58.8 Å². The number of thioether (sulfide) groups is 1. The Hall–Kier alpha value is -4.11. The predicted molar refractivity (Wildman–Crippen MR) is 166 cm³/mol. The van der Waals surface area contributed by atoms with Gasteiger partial charge in [-0.3, -0.25) is 9.36 Å². The maximum atomic E-state index is 15.4. The van der Waals surface area contributed by atoms with E-state index in [4.69, 9.17) is 20.9 Å². The van der Waals surface area contributed by atoms with Crippen molar-refractivity contribution < 1.29 is 36.0 Å². The number of anilines is 1. The van der Waals surface area contributed by atoms with Gasteiger partial charge >= 0.3 is 11.9 Å². The van der Waals surface area contributed by atoms with Gasteiger partial charge in [0, 0.05) is 64.5 Å². The molecule has 2 aromatic carbocycles. The van der Waals surface area contributed by atoms with Crippen LogP contribution in [-0.2, 0) is 17.5 Å². The molecule has 0 N–H and O–H groups in total. The second-order valence-corrected chi connectivity index (χ2v) is 12.9. The molecule has 3 atom stereocenters. The molecular weight excluding hydrogens is 669 g/mol. The summed E-state index contributed by atoms with van der Waals surface area (Å²) in [5.74, 6) is -2.16. The summed E-state index contributed by atoms with van der Waals surface area (Å²) in [6.07, 6.45) is -4.64. The van der Waals surface area contributed by atoms with E-state index in [1.807, 2.05) is 0 Å². The lowest BCUT2D eigenvalue weighted by molar-refractivity contribution is -0.137. The van der Waals surface area contributed by atoms with Gasteiger partial charge in [0.2, 0.25) is 5.91 Å². The van der Waals surface area contributed by atoms with Crippen molar-refractivity contribution in [3.8, 4) is 17.0 Å². The zero-order chi connectivity index (χ0) is 33.9. The van der Waals surface area contributed by atoms with Gasteiger partial charge in [0.15, 0.2) is 0 Å². The van der Waals surface area contributed by atoms with Gasteiger partial charge < -0.3 is 19.1 Å². The Morgan fingerprint density at radius 2 is 1.83 bits per heavy atom. The third-order valence-electron chi connectivity index (χ3n) is 8.12. The van der Waals surface area contributed by atoms with Gasteiger partial charge in [-0.2, -0.15) is 18.2 Å². The fraction of sp³-hybridized carbons (Fsp3) is 0.355. The van der Waals surface area contributed by atoms with E-state index in [0.29, 0.717) is 11.8 Å². The van der Waals surface area contributed by atoms with Crippen LogP contribution in [0.2, 0.25) is 5.02 Å². The molecule has 248 valence electrons. The minimum absolute atomic E-state index is 0.0126. The molecule has 1 amide bonds. The van der Waals surface area contributed by atoms with Crippen LogP contribution in [0.15, 0.2) is 51.1 Å². The smallest absolute Gasteiger partial charge is 0.417 e. The molecule has 0 radical (unpaired) electrons.